The van der Waals surface area contributed by atoms with Gasteiger partial charge in [-0.1, -0.05) is 23.7 Å². The van der Waals surface area contributed by atoms with Gasteiger partial charge in [0, 0.05) is 5.02 Å². The van der Waals surface area contributed by atoms with Crippen molar-refractivity contribution in [2.75, 3.05) is 33.2 Å². The van der Waals surface area contributed by atoms with Crippen molar-refractivity contribution in [1.29, 1.82) is 0 Å². The third kappa shape index (κ3) is 3.98. The van der Waals surface area contributed by atoms with Gasteiger partial charge in [0.15, 0.2) is 0 Å². The van der Waals surface area contributed by atoms with Crippen molar-refractivity contribution >= 4 is 17.5 Å². The molecular formula is C13H19ClN3O+. The number of piperazine rings is 1. The molecule has 4 nitrogen and oxygen atoms in total. The summed E-state index contributed by atoms with van der Waals surface area (Å²) in [5, 5.41) is 2.70. The number of nitrogens with one attached hydrogen (secondary N) is 2. The number of hydrogen-bond acceptors (Lipinski definition) is 2. The highest BCUT2D eigenvalue weighted by atomic mass is 35.5. The zero-order valence-corrected chi connectivity index (χ0v) is 11.3. The molecule has 1 fully saturated rings. The van der Waals surface area contributed by atoms with E-state index < -0.39 is 0 Å². The number of rotatable bonds is 3. The van der Waals surface area contributed by atoms with Crippen LogP contribution < -0.4 is 10.3 Å². The van der Waals surface area contributed by atoms with Gasteiger partial charge in [-0.2, -0.15) is 0 Å². The maximum Gasteiger partial charge on any atom is 0.238 e. The molecule has 1 aromatic rings. The number of hydrogen-bond donors (Lipinski definition) is 2. The monoisotopic (exact) mass is 268 g/mol. The maximum absolute atomic E-state index is 11.9. The van der Waals surface area contributed by atoms with Crippen LogP contribution in [0.1, 0.15) is 5.56 Å². The minimum Gasteiger partial charge on any atom is -0.335 e. The zero-order valence-electron chi connectivity index (χ0n) is 10.6. The van der Waals surface area contributed by atoms with Crippen LogP contribution in [0.25, 0.3) is 0 Å². The molecule has 98 valence electrons. The molecule has 1 aliphatic rings. The van der Waals surface area contributed by atoms with Crippen LogP contribution in [-0.2, 0) is 11.2 Å². The third-order valence-corrected chi connectivity index (χ3v) is 3.43. The second-order valence-corrected chi connectivity index (χ2v) is 5.22. The predicted octanol–water partition coefficient (Wildman–Crippen LogP) is -0.256. The molecule has 0 bridgehead atoms. The first-order chi connectivity index (χ1) is 8.63. The van der Waals surface area contributed by atoms with Crippen molar-refractivity contribution < 1.29 is 9.69 Å². The van der Waals surface area contributed by atoms with E-state index in [-0.39, 0.29) is 5.91 Å². The van der Waals surface area contributed by atoms with Gasteiger partial charge in [0.1, 0.15) is 0 Å². The van der Waals surface area contributed by atoms with Crippen LogP contribution in [0, 0.1) is 0 Å². The SMILES string of the molecule is C[NH+]1CCN(NC(=O)Cc2ccc(Cl)cc2)CC1. The largest absolute Gasteiger partial charge is 0.335 e. The second-order valence-electron chi connectivity index (χ2n) is 4.78. The summed E-state index contributed by atoms with van der Waals surface area (Å²) in [4.78, 5) is 13.4. The van der Waals surface area contributed by atoms with E-state index in [2.05, 4.69) is 12.5 Å². The summed E-state index contributed by atoms with van der Waals surface area (Å²) in [7, 11) is 2.17. The average molecular weight is 269 g/mol. The average Bonchev–Trinajstić information content (AvgIpc) is 2.35. The lowest BCUT2D eigenvalue weighted by atomic mass is 10.1. The Morgan fingerprint density at radius 1 is 1.33 bits per heavy atom. The minimum atomic E-state index is 0.0388. The predicted molar refractivity (Wildman–Crippen MR) is 71.5 cm³/mol. The van der Waals surface area contributed by atoms with E-state index in [1.54, 1.807) is 0 Å². The lowest BCUT2D eigenvalue weighted by Crippen LogP contribution is -3.12. The molecule has 0 unspecified atom stereocenters. The van der Waals surface area contributed by atoms with Crippen molar-refractivity contribution in [3.8, 4) is 0 Å². The van der Waals surface area contributed by atoms with Gasteiger partial charge < -0.3 is 4.90 Å². The number of hydrazine groups is 1. The minimum absolute atomic E-state index is 0.0388. The Hall–Kier alpha value is -1.10. The second kappa shape index (κ2) is 6.18. The van der Waals surface area contributed by atoms with Gasteiger partial charge in [-0.15, -0.1) is 0 Å². The molecule has 1 heterocycles. The van der Waals surface area contributed by atoms with Gasteiger partial charge in [0.25, 0.3) is 0 Å². The summed E-state index contributed by atoms with van der Waals surface area (Å²) in [5.41, 5.74) is 3.93. The van der Waals surface area contributed by atoms with E-state index in [9.17, 15) is 4.79 Å². The van der Waals surface area contributed by atoms with Gasteiger partial charge in [-0.3, -0.25) is 10.2 Å². The van der Waals surface area contributed by atoms with E-state index in [4.69, 9.17) is 11.6 Å². The Bertz CT molecular complexity index is 399. The molecule has 1 aromatic carbocycles. The molecule has 1 aliphatic heterocycles. The molecule has 0 radical (unpaired) electrons. The van der Waals surface area contributed by atoms with E-state index in [1.807, 2.05) is 29.3 Å². The van der Waals surface area contributed by atoms with Crippen LogP contribution in [-0.4, -0.2) is 44.1 Å². The fraction of sp³-hybridized carbons (Fsp3) is 0.462. The quantitative estimate of drug-likeness (QED) is 0.793. The van der Waals surface area contributed by atoms with E-state index in [1.165, 1.54) is 4.90 Å². The van der Waals surface area contributed by atoms with Crippen LogP contribution in [0.5, 0.6) is 0 Å². The van der Waals surface area contributed by atoms with Crippen molar-refractivity contribution in [3.05, 3.63) is 34.9 Å². The normalized spacial score (nSPS) is 17.7. The van der Waals surface area contributed by atoms with Gasteiger partial charge in [-0.25, -0.2) is 5.01 Å². The van der Waals surface area contributed by atoms with Crippen LogP contribution in [0.15, 0.2) is 24.3 Å². The first-order valence-corrected chi connectivity index (χ1v) is 6.61. The molecule has 0 atom stereocenters. The Kier molecular flexibility index (Phi) is 4.58. The summed E-state index contributed by atoms with van der Waals surface area (Å²) < 4.78 is 0. The van der Waals surface area contributed by atoms with E-state index in [0.717, 1.165) is 31.7 Å². The van der Waals surface area contributed by atoms with Gasteiger partial charge in [-0.05, 0) is 17.7 Å². The highest BCUT2D eigenvalue weighted by Crippen LogP contribution is 2.09. The van der Waals surface area contributed by atoms with Gasteiger partial charge >= 0.3 is 0 Å². The third-order valence-electron chi connectivity index (χ3n) is 3.18. The molecule has 1 saturated heterocycles. The number of amides is 1. The fourth-order valence-electron chi connectivity index (χ4n) is 2.00. The summed E-state index contributed by atoms with van der Waals surface area (Å²) in [6.45, 7) is 3.97. The topological polar surface area (TPSA) is 36.8 Å². The highest BCUT2D eigenvalue weighted by molar-refractivity contribution is 6.30. The molecule has 0 aliphatic carbocycles. The number of benzene rings is 1. The number of carbonyl (C=O) groups is 1. The summed E-state index contributed by atoms with van der Waals surface area (Å²) in [5.74, 6) is 0.0388. The van der Waals surface area contributed by atoms with Crippen molar-refractivity contribution in [2.24, 2.45) is 0 Å². The molecule has 2 N–H and O–H groups in total. The number of likely N-dealkylation sites (N-methyl/N-ethyl adjacent to an activating group) is 1. The Morgan fingerprint density at radius 2 is 1.94 bits per heavy atom. The molecule has 1 amide bonds. The Morgan fingerprint density at radius 3 is 2.56 bits per heavy atom. The van der Waals surface area contributed by atoms with Crippen LogP contribution in [0.2, 0.25) is 5.02 Å². The molecule has 0 saturated carbocycles. The summed E-state index contributed by atoms with van der Waals surface area (Å²) >= 11 is 5.81. The van der Waals surface area contributed by atoms with Crippen molar-refractivity contribution in [1.82, 2.24) is 10.4 Å². The van der Waals surface area contributed by atoms with Crippen LogP contribution in [0.3, 0.4) is 0 Å². The maximum atomic E-state index is 11.9. The number of quaternary nitrogens is 1. The molecule has 0 spiro atoms. The molecular weight excluding hydrogens is 250 g/mol. The summed E-state index contributed by atoms with van der Waals surface area (Å²) in [6.07, 6.45) is 0.399. The van der Waals surface area contributed by atoms with E-state index in [0.29, 0.717) is 11.4 Å². The smallest absolute Gasteiger partial charge is 0.238 e. The van der Waals surface area contributed by atoms with Crippen LogP contribution >= 0.6 is 11.6 Å². The lowest BCUT2D eigenvalue weighted by Gasteiger charge is -2.30. The Labute approximate surface area is 112 Å². The molecule has 5 heteroatoms. The van der Waals surface area contributed by atoms with E-state index >= 15 is 0 Å². The standard InChI is InChI=1S/C13H18ClN3O/c1-16-6-8-17(9-7-16)15-13(18)10-11-2-4-12(14)5-3-11/h2-5H,6-10H2,1H3,(H,15,18)/p+1. The lowest BCUT2D eigenvalue weighted by molar-refractivity contribution is -0.884. The van der Waals surface area contributed by atoms with Crippen molar-refractivity contribution in [3.63, 3.8) is 0 Å². The van der Waals surface area contributed by atoms with Crippen molar-refractivity contribution in [2.45, 2.75) is 6.42 Å². The molecule has 18 heavy (non-hydrogen) atoms. The van der Waals surface area contributed by atoms with Gasteiger partial charge in [0.05, 0.1) is 39.6 Å². The number of halogens is 1. The summed E-state index contributed by atoms with van der Waals surface area (Å²) in [6, 6.07) is 7.39. The first kappa shape index (κ1) is 13.3. The number of nitrogens with zero attached hydrogens (tertiary/aromatic N) is 1. The van der Waals surface area contributed by atoms with Crippen LogP contribution in [0.4, 0.5) is 0 Å². The molecule has 2 rings (SSSR count). The van der Waals surface area contributed by atoms with Gasteiger partial charge in [0.2, 0.25) is 5.91 Å². The highest BCUT2D eigenvalue weighted by Gasteiger charge is 2.18. The first-order valence-electron chi connectivity index (χ1n) is 6.23. The number of carbonyl (C=O) groups excluding carboxylic acids is 1. The zero-order chi connectivity index (χ0) is 13.0. The Balaban J connectivity index is 1.80. The fourth-order valence-corrected chi connectivity index (χ4v) is 2.13. The molecule has 0 aromatic heterocycles.